The van der Waals surface area contributed by atoms with Crippen LogP contribution < -0.4 is 10.6 Å². The van der Waals surface area contributed by atoms with Crippen molar-refractivity contribution in [3.05, 3.63) is 70.2 Å². The largest absolute Gasteiger partial charge is 0.344 e. The summed E-state index contributed by atoms with van der Waals surface area (Å²) in [5, 5.41) is 7.24. The highest BCUT2D eigenvalue weighted by Gasteiger charge is 2.42. The van der Waals surface area contributed by atoms with Gasteiger partial charge in [-0.3, -0.25) is 14.5 Å². The summed E-state index contributed by atoms with van der Waals surface area (Å²) >= 11 is 6.12. The minimum absolute atomic E-state index is 0.00593. The first-order valence-corrected chi connectivity index (χ1v) is 15.7. The average Bonchev–Trinajstić information content (AvgIpc) is 3.35. The van der Waals surface area contributed by atoms with Crippen LogP contribution in [0.15, 0.2) is 48.5 Å². The van der Waals surface area contributed by atoms with Crippen molar-refractivity contribution in [1.82, 2.24) is 25.3 Å². The quantitative estimate of drug-likeness (QED) is 0.465. The Kier molecular flexibility index (Phi) is 9.70. The van der Waals surface area contributed by atoms with Crippen molar-refractivity contribution in [1.29, 1.82) is 0 Å². The molecule has 3 heterocycles. The number of rotatable bonds is 9. The number of carbonyl (C=O) groups excluding carboxylic acids is 2. The first kappa shape index (κ1) is 30.0. The molecule has 2 N–H and O–H groups in total. The average molecular weight is 580 g/mol. The summed E-state index contributed by atoms with van der Waals surface area (Å²) < 4.78 is 0. The number of carbonyl (C=O) groups is 2. The Balaban J connectivity index is 1.26. The van der Waals surface area contributed by atoms with Crippen LogP contribution >= 0.6 is 11.6 Å². The number of hydrogen-bond acceptors (Lipinski definition) is 5. The van der Waals surface area contributed by atoms with Gasteiger partial charge in [-0.25, -0.2) is 0 Å². The van der Waals surface area contributed by atoms with E-state index in [1.54, 1.807) is 0 Å². The van der Waals surface area contributed by atoms with Gasteiger partial charge in [-0.05, 0) is 67.6 Å². The standard InChI is InChI=1S/C33H46ClN5O2/c1-24(2)21-33(13-6-14-37(3)23-33)39-17-15-38(16-18-39)32(41)30(19-25-9-11-27(34)12-10-25)36-31(40)20-29-28-8-5-4-7-26(28)22-35-29/h4-5,7-12,24,29-30,35H,6,13-23H2,1-3H3,(H,36,40). The summed E-state index contributed by atoms with van der Waals surface area (Å²) in [6.45, 7) is 10.8. The predicted octanol–water partition coefficient (Wildman–Crippen LogP) is 4.26. The molecular weight excluding hydrogens is 534 g/mol. The van der Waals surface area contributed by atoms with Crippen LogP contribution in [0, 0.1) is 5.92 Å². The molecule has 0 aliphatic carbocycles. The van der Waals surface area contributed by atoms with Gasteiger partial charge < -0.3 is 20.4 Å². The van der Waals surface area contributed by atoms with E-state index in [0.29, 0.717) is 36.9 Å². The number of fused-ring (bicyclic) bond motifs is 1. The highest BCUT2D eigenvalue weighted by molar-refractivity contribution is 6.30. The Morgan fingerprint density at radius 3 is 2.49 bits per heavy atom. The lowest BCUT2D eigenvalue weighted by molar-refractivity contribution is -0.139. The number of likely N-dealkylation sites (tertiary alicyclic amines) is 1. The summed E-state index contributed by atoms with van der Waals surface area (Å²) in [5.41, 5.74) is 3.56. The molecule has 2 aromatic carbocycles. The Morgan fingerprint density at radius 1 is 1.05 bits per heavy atom. The van der Waals surface area contributed by atoms with Crippen LogP contribution in [0.1, 0.15) is 62.3 Å². The highest BCUT2D eigenvalue weighted by atomic mass is 35.5. The van der Waals surface area contributed by atoms with Crippen molar-refractivity contribution < 1.29 is 9.59 Å². The summed E-state index contributed by atoms with van der Waals surface area (Å²) in [4.78, 5) is 34.4. The summed E-state index contributed by atoms with van der Waals surface area (Å²) in [6.07, 6.45) is 4.37. The molecule has 8 heteroatoms. The molecule has 7 nitrogen and oxygen atoms in total. The molecule has 222 valence electrons. The minimum Gasteiger partial charge on any atom is -0.344 e. The lowest BCUT2D eigenvalue weighted by Gasteiger charge is -2.52. The smallest absolute Gasteiger partial charge is 0.245 e. The van der Waals surface area contributed by atoms with Crippen molar-refractivity contribution in [3.8, 4) is 0 Å². The maximum absolute atomic E-state index is 14.0. The van der Waals surface area contributed by atoms with E-state index in [2.05, 4.69) is 53.5 Å². The van der Waals surface area contributed by atoms with E-state index < -0.39 is 6.04 Å². The van der Waals surface area contributed by atoms with Crippen molar-refractivity contribution in [3.63, 3.8) is 0 Å². The minimum atomic E-state index is -0.614. The number of nitrogens with zero attached hydrogens (tertiary/aromatic N) is 3. The van der Waals surface area contributed by atoms with Crippen LogP contribution in [0.2, 0.25) is 5.02 Å². The molecule has 2 aromatic rings. The molecule has 3 aliphatic heterocycles. The molecule has 2 saturated heterocycles. The second-order valence-electron chi connectivity index (χ2n) is 12.8. The Labute approximate surface area is 250 Å². The molecule has 2 amide bonds. The SMILES string of the molecule is CC(C)CC1(N2CCN(C(=O)C(Cc3ccc(Cl)cc3)NC(=O)CC3NCc4ccccc43)CC2)CCCN(C)C1. The van der Waals surface area contributed by atoms with Gasteiger partial charge in [-0.2, -0.15) is 0 Å². The zero-order valence-electron chi connectivity index (χ0n) is 24.9. The van der Waals surface area contributed by atoms with Crippen molar-refractivity contribution in [2.45, 2.75) is 70.1 Å². The topological polar surface area (TPSA) is 67.9 Å². The third kappa shape index (κ3) is 7.31. The molecular formula is C33H46ClN5O2. The zero-order chi connectivity index (χ0) is 29.0. The van der Waals surface area contributed by atoms with Gasteiger partial charge in [0.05, 0.1) is 0 Å². The molecule has 3 aliphatic rings. The maximum Gasteiger partial charge on any atom is 0.245 e. The summed E-state index contributed by atoms with van der Waals surface area (Å²) in [6, 6.07) is 15.1. The number of piperidine rings is 1. The molecule has 3 atom stereocenters. The molecule has 41 heavy (non-hydrogen) atoms. The fourth-order valence-corrected chi connectivity index (χ4v) is 7.46. The van der Waals surface area contributed by atoms with E-state index in [4.69, 9.17) is 11.6 Å². The number of piperazine rings is 1. The number of nitrogens with one attached hydrogen (secondary N) is 2. The zero-order valence-corrected chi connectivity index (χ0v) is 25.6. The number of likely N-dealkylation sites (N-methyl/N-ethyl adjacent to an activating group) is 1. The van der Waals surface area contributed by atoms with Gasteiger partial charge in [0.15, 0.2) is 0 Å². The highest BCUT2D eigenvalue weighted by Crippen LogP contribution is 2.34. The van der Waals surface area contributed by atoms with Gasteiger partial charge in [-0.15, -0.1) is 0 Å². The first-order chi connectivity index (χ1) is 19.7. The van der Waals surface area contributed by atoms with Crippen LogP contribution in [0.5, 0.6) is 0 Å². The number of amides is 2. The van der Waals surface area contributed by atoms with Gasteiger partial charge in [0.25, 0.3) is 0 Å². The Morgan fingerprint density at radius 2 is 1.78 bits per heavy atom. The lowest BCUT2D eigenvalue weighted by atomic mass is 9.80. The van der Waals surface area contributed by atoms with Gasteiger partial charge in [-0.1, -0.05) is 61.8 Å². The first-order valence-electron chi connectivity index (χ1n) is 15.3. The molecule has 3 unspecified atom stereocenters. The van der Waals surface area contributed by atoms with Crippen LogP contribution in [0.4, 0.5) is 0 Å². The Bertz CT molecular complexity index is 1190. The van der Waals surface area contributed by atoms with E-state index in [1.807, 2.05) is 41.3 Å². The third-order valence-corrected chi connectivity index (χ3v) is 9.39. The number of halogens is 1. The van der Waals surface area contributed by atoms with Gasteiger partial charge in [0.1, 0.15) is 6.04 Å². The predicted molar refractivity (Wildman–Crippen MR) is 165 cm³/mol. The van der Waals surface area contributed by atoms with E-state index >= 15 is 0 Å². The monoisotopic (exact) mass is 579 g/mol. The fraction of sp³-hybridized carbons (Fsp3) is 0.576. The van der Waals surface area contributed by atoms with E-state index in [1.165, 1.54) is 30.4 Å². The maximum atomic E-state index is 14.0. The second-order valence-corrected chi connectivity index (χ2v) is 13.2. The normalized spacial score (nSPS) is 24.3. The fourth-order valence-electron chi connectivity index (χ4n) is 7.33. The summed E-state index contributed by atoms with van der Waals surface area (Å²) in [7, 11) is 2.23. The molecule has 0 bridgehead atoms. The van der Waals surface area contributed by atoms with Crippen molar-refractivity contribution in [2.75, 3.05) is 46.3 Å². The van der Waals surface area contributed by atoms with Crippen LogP contribution in [-0.2, 0) is 22.6 Å². The molecule has 0 spiro atoms. The molecule has 5 rings (SSSR count). The van der Waals surface area contributed by atoms with E-state index in [9.17, 15) is 9.59 Å². The number of hydrogen-bond donors (Lipinski definition) is 2. The van der Waals surface area contributed by atoms with Gasteiger partial charge >= 0.3 is 0 Å². The van der Waals surface area contributed by atoms with Crippen LogP contribution in [0.3, 0.4) is 0 Å². The van der Waals surface area contributed by atoms with Gasteiger partial charge in [0, 0.05) is 68.7 Å². The molecule has 2 fully saturated rings. The third-order valence-electron chi connectivity index (χ3n) is 9.14. The van der Waals surface area contributed by atoms with Crippen LogP contribution in [-0.4, -0.2) is 84.4 Å². The lowest BCUT2D eigenvalue weighted by Crippen LogP contribution is -2.64. The van der Waals surface area contributed by atoms with Crippen molar-refractivity contribution in [2.24, 2.45) is 5.92 Å². The molecule has 0 aromatic heterocycles. The Hall–Kier alpha value is -2.45. The van der Waals surface area contributed by atoms with Gasteiger partial charge in [0.2, 0.25) is 11.8 Å². The van der Waals surface area contributed by atoms with E-state index in [-0.39, 0.29) is 23.4 Å². The second kappa shape index (κ2) is 13.2. The van der Waals surface area contributed by atoms with Crippen molar-refractivity contribution >= 4 is 23.4 Å². The molecule has 0 radical (unpaired) electrons. The van der Waals surface area contributed by atoms with Crippen LogP contribution in [0.25, 0.3) is 0 Å². The molecule has 0 saturated carbocycles. The number of benzene rings is 2. The van der Waals surface area contributed by atoms with E-state index in [0.717, 1.165) is 38.3 Å². The summed E-state index contributed by atoms with van der Waals surface area (Å²) in [5.74, 6) is 0.527.